The Morgan fingerprint density at radius 2 is 1.75 bits per heavy atom. The number of carbonyl (C=O) groups excluding carboxylic acids is 2. The Morgan fingerprint density at radius 1 is 0.958 bits per heavy atom. The lowest BCUT2D eigenvalue weighted by molar-refractivity contribution is -0.180. The molecule has 17 nitrogen and oxygen atoms in total. The van der Waals surface area contributed by atoms with E-state index < -0.39 is 37.3 Å². The number of thiazole rings is 1. The first kappa shape index (κ1) is 52.8. The van der Waals surface area contributed by atoms with Crippen molar-refractivity contribution in [1.29, 1.82) is 0 Å². The van der Waals surface area contributed by atoms with Gasteiger partial charge in [-0.15, -0.1) is 0 Å². The summed E-state index contributed by atoms with van der Waals surface area (Å²) in [7, 11) is -7.69. The van der Waals surface area contributed by atoms with Gasteiger partial charge in [-0.2, -0.15) is 13.5 Å². The number of benzene rings is 2. The van der Waals surface area contributed by atoms with Crippen molar-refractivity contribution in [3.8, 4) is 11.1 Å². The summed E-state index contributed by atoms with van der Waals surface area (Å²) in [5.74, 6) is -1.54. The van der Waals surface area contributed by atoms with Crippen molar-refractivity contribution in [3.05, 3.63) is 101 Å². The zero-order valence-corrected chi connectivity index (χ0v) is 43.9. The number of nitrogens with zero attached hydrogens (tertiary/aromatic N) is 6. The lowest BCUT2D eigenvalue weighted by Gasteiger charge is -2.58. The van der Waals surface area contributed by atoms with Crippen molar-refractivity contribution in [2.45, 2.75) is 111 Å². The number of aromatic carboxylic acids is 1. The second-order valence-corrected chi connectivity index (χ2v) is 25.6. The maximum atomic E-state index is 13.7. The number of anilines is 2. The Labute approximate surface area is 425 Å². The Bertz CT molecular complexity index is 3070. The van der Waals surface area contributed by atoms with Crippen molar-refractivity contribution >= 4 is 70.2 Å². The fourth-order valence-electron chi connectivity index (χ4n) is 12.2. The third kappa shape index (κ3) is 12.4. The highest BCUT2D eigenvalue weighted by Gasteiger charge is 2.55. The smallest absolute Gasteiger partial charge is 0.355 e. The molecule has 386 valence electrons. The van der Waals surface area contributed by atoms with Crippen LogP contribution in [-0.2, 0) is 49.0 Å². The quantitative estimate of drug-likeness (QED) is 0.0462. The molecule has 5 aromatic rings. The minimum Gasteiger partial charge on any atom is -0.476 e. The molecule has 2 fully saturated rings. The number of hydrogen-bond acceptors (Lipinski definition) is 13. The molecule has 2 aromatic carbocycles. The minimum atomic E-state index is -4.34. The average Bonchev–Trinajstić information content (AvgIpc) is 3.89. The van der Waals surface area contributed by atoms with Crippen LogP contribution in [0.4, 0.5) is 10.9 Å². The van der Waals surface area contributed by atoms with E-state index in [1.807, 2.05) is 59.0 Å². The molecule has 3 N–H and O–H groups in total. The van der Waals surface area contributed by atoms with E-state index in [9.17, 15) is 40.9 Å². The Kier molecular flexibility index (Phi) is 15.5. The molecule has 0 saturated heterocycles. The number of carbonyl (C=O) groups is 3. The fourth-order valence-corrected chi connectivity index (χ4v) is 14.2. The molecule has 4 unspecified atom stereocenters. The second-order valence-electron chi connectivity index (χ2n) is 20.9. The van der Waals surface area contributed by atoms with Gasteiger partial charge >= 0.3 is 5.97 Å². The zero-order valence-electron chi connectivity index (χ0n) is 41.4. The Hall–Kier alpha value is -5.54. The lowest BCUT2D eigenvalue weighted by atomic mass is 9.51. The monoisotopic (exact) mass is 1040 g/mol. The van der Waals surface area contributed by atoms with Gasteiger partial charge in [0.25, 0.3) is 16.0 Å². The molecule has 2 bridgehead atoms. The molecule has 72 heavy (non-hydrogen) atoms. The standard InChI is InChI=1S/C52H65N7O10S3/c1-6-71(64,65)25-11-7-8-17-45(60)57(23-26-72(66,67)68)22-24-69-52-28-35(2)27-50(4,32-52)31-51(5,33-52)34-59-36(3)40(29-53-59)38-18-19-44(55-46(38)48(62)63)58-21-20-37-13-12-14-39(41(37)30-58)47(61)56-49-54-42-15-9-10-16-43(42)70-49/h6,9-10,12-16,18-19,29,35H,1,7-8,11,17,20-28,30-34H2,2-5H3,(H,62,63)(H,54,56,61)(H,66,67,68). The Morgan fingerprint density at radius 3 is 2.50 bits per heavy atom. The van der Waals surface area contributed by atoms with Crippen molar-refractivity contribution < 1.29 is 45.6 Å². The van der Waals surface area contributed by atoms with E-state index in [1.54, 1.807) is 18.3 Å². The SMILES string of the molecule is C=CS(=O)(=O)CCCCCC(=O)N(CCOC12CC(C)CC(C)(CC(C)(Cn3ncc(-c4ccc(N5CCc6cccc(C(=O)Nc7nc8ccccc8s7)c6C5)nc4C(=O)O)c3C)C1)C2)CCS(=O)(=O)O. The summed E-state index contributed by atoms with van der Waals surface area (Å²) in [5, 5.41) is 19.9. The first-order chi connectivity index (χ1) is 34.0. The number of unbranched alkanes of at least 4 members (excludes halogenated alkanes) is 2. The van der Waals surface area contributed by atoms with E-state index in [0.29, 0.717) is 85.3 Å². The van der Waals surface area contributed by atoms with Crippen LogP contribution in [0, 0.1) is 23.7 Å². The average molecular weight is 1040 g/mol. The van der Waals surface area contributed by atoms with E-state index in [0.717, 1.165) is 58.1 Å². The molecule has 4 atom stereocenters. The van der Waals surface area contributed by atoms with Gasteiger partial charge in [-0.05, 0) is 116 Å². The first-order valence-electron chi connectivity index (χ1n) is 24.6. The molecule has 4 heterocycles. The topological polar surface area (TPSA) is 231 Å². The predicted octanol–water partition coefficient (Wildman–Crippen LogP) is 8.59. The fraction of sp³-hybridized carbons (Fsp3) is 0.500. The predicted molar refractivity (Wildman–Crippen MR) is 279 cm³/mol. The van der Waals surface area contributed by atoms with E-state index in [-0.39, 0.29) is 60.2 Å². The van der Waals surface area contributed by atoms with Crippen LogP contribution in [0.5, 0.6) is 0 Å². The molecular formula is C52H65N7O10S3. The number of amides is 2. The summed E-state index contributed by atoms with van der Waals surface area (Å²) >= 11 is 1.41. The largest absolute Gasteiger partial charge is 0.476 e. The van der Waals surface area contributed by atoms with Crippen LogP contribution in [0.15, 0.2) is 72.8 Å². The van der Waals surface area contributed by atoms with E-state index in [4.69, 9.17) is 14.8 Å². The van der Waals surface area contributed by atoms with Crippen LogP contribution >= 0.6 is 11.3 Å². The number of ether oxygens (including phenoxy) is 1. The van der Waals surface area contributed by atoms with E-state index in [2.05, 4.69) is 37.7 Å². The van der Waals surface area contributed by atoms with Gasteiger partial charge in [0, 0.05) is 66.9 Å². The molecule has 0 spiro atoms. The third-order valence-electron chi connectivity index (χ3n) is 14.6. The summed E-state index contributed by atoms with van der Waals surface area (Å²) in [6.45, 7) is 13.6. The highest BCUT2D eigenvalue weighted by molar-refractivity contribution is 7.94. The van der Waals surface area contributed by atoms with Crippen LogP contribution in [0.1, 0.15) is 116 Å². The van der Waals surface area contributed by atoms with Gasteiger partial charge in [-0.25, -0.2) is 23.2 Å². The normalized spacial score (nSPS) is 22.1. The number of hydrogen-bond donors (Lipinski definition) is 3. The number of rotatable bonds is 21. The van der Waals surface area contributed by atoms with E-state index in [1.165, 1.54) is 16.2 Å². The van der Waals surface area contributed by atoms with Gasteiger partial charge in [0.2, 0.25) is 5.91 Å². The maximum Gasteiger partial charge on any atom is 0.355 e. The molecule has 3 aliphatic rings. The summed E-state index contributed by atoms with van der Waals surface area (Å²) in [6.07, 6.45) is 7.95. The van der Waals surface area contributed by atoms with Crippen LogP contribution < -0.4 is 10.2 Å². The lowest BCUT2D eigenvalue weighted by Crippen LogP contribution is -2.55. The van der Waals surface area contributed by atoms with Gasteiger partial charge in [0.05, 0.1) is 40.1 Å². The molecule has 8 rings (SSSR count). The minimum absolute atomic E-state index is 0.0582. The van der Waals surface area contributed by atoms with Gasteiger partial charge in [-0.3, -0.25) is 24.1 Å². The number of para-hydroxylation sites is 1. The summed E-state index contributed by atoms with van der Waals surface area (Å²) in [6, 6.07) is 17.0. The van der Waals surface area contributed by atoms with Crippen molar-refractivity contribution in [3.63, 3.8) is 0 Å². The number of carboxylic acids is 1. The number of fused-ring (bicyclic) bond motifs is 4. The summed E-state index contributed by atoms with van der Waals surface area (Å²) < 4.78 is 66.5. The third-order valence-corrected chi connectivity index (χ3v) is 17.6. The molecule has 1 aliphatic heterocycles. The number of nitrogens with one attached hydrogen (secondary N) is 1. The molecule has 2 aliphatic carbocycles. The molecule has 3 aromatic heterocycles. The Balaban J connectivity index is 0.955. The van der Waals surface area contributed by atoms with Crippen molar-refractivity contribution in [2.24, 2.45) is 16.7 Å². The van der Waals surface area contributed by atoms with Gasteiger partial charge in [-0.1, -0.05) is 69.4 Å². The molecule has 0 radical (unpaired) electrons. The molecular weight excluding hydrogens is 979 g/mol. The van der Waals surface area contributed by atoms with Gasteiger partial charge < -0.3 is 19.6 Å². The van der Waals surface area contributed by atoms with Crippen LogP contribution in [0.25, 0.3) is 21.3 Å². The molecule has 2 amide bonds. The summed E-state index contributed by atoms with van der Waals surface area (Å²) in [5.41, 5.74) is 4.14. The second kappa shape index (κ2) is 21.1. The summed E-state index contributed by atoms with van der Waals surface area (Å²) in [4.78, 5) is 52.8. The van der Waals surface area contributed by atoms with Crippen molar-refractivity contribution in [2.75, 3.05) is 48.0 Å². The van der Waals surface area contributed by atoms with Crippen molar-refractivity contribution in [1.82, 2.24) is 24.6 Å². The van der Waals surface area contributed by atoms with Gasteiger partial charge in [0.1, 0.15) is 5.82 Å². The number of sulfone groups is 1. The van der Waals surface area contributed by atoms with Crippen LogP contribution in [0.3, 0.4) is 0 Å². The number of carboxylic acid groups (broad SMARTS) is 1. The number of aromatic nitrogens is 4. The van der Waals surface area contributed by atoms with Crippen LogP contribution in [0.2, 0.25) is 0 Å². The maximum absolute atomic E-state index is 13.7. The zero-order chi connectivity index (χ0) is 51.6. The highest BCUT2D eigenvalue weighted by atomic mass is 32.2. The van der Waals surface area contributed by atoms with Crippen LogP contribution in [-0.4, -0.2) is 112 Å². The molecule has 20 heteroatoms. The van der Waals surface area contributed by atoms with E-state index >= 15 is 0 Å². The number of pyridine rings is 1. The van der Waals surface area contributed by atoms with Gasteiger partial charge in [0.15, 0.2) is 20.7 Å². The first-order valence-corrected chi connectivity index (χ1v) is 28.7. The highest BCUT2D eigenvalue weighted by Crippen LogP contribution is 2.60. The molecule has 2 saturated carbocycles.